The first-order chi connectivity index (χ1) is 16.0. The van der Waals surface area contributed by atoms with Crippen molar-refractivity contribution in [1.82, 2.24) is 29.8 Å². The van der Waals surface area contributed by atoms with Gasteiger partial charge >= 0.3 is 5.69 Å². The standard InChI is InChI=1S/C25H29FN6O/c1-4-8-22-23(14-26)31(15-17(2)3)25(33)32(22)16-18-11-12-20(19-9-6-5-7-10-19)21(13-18)24-27-29-30-28-24/h5-7,9-13,17H,4,8,14-16H2,1-3H3,(H,27,28,29,30). The van der Waals surface area contributed by atoms with Crippen molar-refractivity contribution in [3.05, 3.63) is 76.0 Å². The average Bonchev–Trinajstić information content (AvgIpc) is 3.43. The van der Waals surface area contributed by atoms with Crippen LogP contribution in [0.2, 0.25) is 0 Å². The van der Waals surface area contributed by atoms with E-state index in [0.29, 0.717) is 31.0 Å². The summed E-state index contributed by atoms with van der Waals surface area (Å²) in [4.78, 5) is 13.3. The molecule has 4 rings (SSSR count). The summed E-state index contributed by atoms with van der Waals surface area (Å²) in [5.41, 5.74) is 4.87. The number of H-pyrrole nitrogens is 1. The van der Waals surface area contributed by atoms with E-state index in [9.17, 15) is 9.18 Å². The minimum Gasteiger partial charge on any atom is -0.293 e. The number of hydrogen-bond donors (Lipinski definition) is 1. The minimum atomic E-state index is -0.647. The van der Waals surface area contributed by atoms with Gasteiger partial charge in [-0.3, -0.25) is 9.13 Å². The van der Waals surface area contributed by atoms with Gasteiger partial charge in [0, 0.05) is 17.8 Å². The van der Waals surface area contributed by atoms with Crippen LogP contribution >= 0.6 is 0 Å². The third-order valence-electron chi connectivity index (χ3n) is 5.70. The average molecular weight is 449 g/mol. The molecule has 0 unspecified atom stereocenters. The number of tetrazole rings is 1. The molecular formula is C25H29FN6O. The number of nitrogens with one attached hydrogen (secondary N) is 1. The lowest BCUT2D eigenvalue weighted by atomic mass is 9.97. The third-order valence-corrected chi connectivity index (χ3v) is 5.70. The summed E-state index contributed by atoms with van der Waals surface area (Å²) in [6.07, 6.45) is 1.48. The molecule has 0 spiro atoms. The van der Waals surface area contributed by atoms with Crippen LogP contribution in [0.4, 0.5) is 4.39 Å². The number of benzene rings is 2. The highest BCUT2D eigenvalue weighted by Crippen LogP contribution is 2.31. The molecule has 1 N–H and O–H groups in total. The Morgan fingerprint density at radius 3 is 2.45 bits per heavy atom. The largest absolute Gasteiger partial charge is 0.328 e. The topological polar surface area (TPSA) is 81.4 Å². The predicted molar refractivity (Wildman–Crippen MR) is 126 cm³/mol. The molecule has 0 atom stereocenters. The van der Waals surface area contributed by atoms with Gasteiger partial charge in [0.15, 0.2) is 0 Å². The second kappa shape index (κ2) is 9.94. The highest BCUT2D eigenvalue weighted by Gasteiger charge is 2.21. The van der Waals surface area contributed by atoms with Gasteiger partial charge in [-0.1, -0.05) is 69.7 Å². The van der Waals surface area contributed by atoms with Crippen molar-refractivity contribution in [2.24, 2.45) is 5.92 Å². The van der Waals surface area contributed by atoms with Crippen molar-refractivity contribution >= 4 is 0 Å². The van der Waals surface area contributed by atoms with E-state index in [0.717, 1.165) is 34.4 Å². The monoisotopic (exact) mass is 448 g/mol. The molecule has 0 aliphatic rings. The quantitative estimate of drug-likeness (QED) is 0.405. The Labute approximate surface area is 192 Å². The molecule has 0 saturated carbocycles. The van der Waals surface area contributed by atoms with E-state index in [1.165, 1.54) is 0 Å². The summed E-state index contributed by atoms with van der Waals surface area (Å²) in [7, 11) is 0. The molecule has 0 radical (unpaired) electrons. The number of alkyl halides is 1. The van der Waals surface area contributed by atoms with E-state index in [-0.39, 0.29) is 11.6 Å². The highest BCUT2D eigenvalue weighted by molar-refractivity contribution is 5.80. The van der Waals surface area contributed by atoms with Gasteiger partial charge in [0.05, 0.1) is 12.2 Å². The van der Waals surface area contributed by atoms with Gasteiger partial charge in [0.1, 0.15) is 6.67 Å². The second-order valence-corrected chi connectivity index (χ2v) is 8.63. The van der Waals surface area contributed by atoms with Crippen LogP contribution in [0, 0.1) is 5.92 Å². The number of aromatic nitrogens is 6. The van der Waals surface area contributed by atoms with Crippen molar-refractivity contribution in [3.63, 3.8) is 0 Å². The molecule has 0 aliphatic heterocycles. The first-order valence-electron chi connectivity index (χ1n) is 11.3. The number of aromatic amines is 1. The number of halogens is 1. The molecule has 33 heavy (non-hydrogen) atoms. The van der Waals surface area contributed by atoms with Crippen molar-refractivity contribution in [3.8, 4) is 22.5 Å². The molecule has 2 aromatic carbocycles. The van der Waals surface area contributed by atoms with E-state index in [1.807, 2.05) is 69.3 Å². The number of hydrogen-bond acceptors (Lipinski definition) is 4. The molecule has 0 aliphatic carbocycles. The molecule has 7 nitrogen and oxygen atoms in total. The molecule has 2 heterocycles. The Hall–Kier alpha value is -3.55. The van der Waals surface area contributed by atoms with Crippen LogP contribution in [0.15, 0.2) is 53.3 Å². The normalized spacial score (nSPS) is 11.4. The minimum absolute atomic E-state index is 0.159. The molecule has 0 fully saturated rings. The lowest BCUT2D eigenvalue weighted by Gasteiger charge is -2.12. The van der Waals surface area contributed by atoms with Gasteiger partial charge in [0.2, 0.25) is 5.82 Å². The number of rotatable bonds is 9. The summed E-state index contributed by atoms with van der Waals surface area (Å²) in [6.45, 7) is 6.32. The molecule has 0 bridgehead atoms. The Kier molecular flexibility index (Phi) is 6.82. The van der Waals surface area contributed by atoms with Gasteiger partial charge < -0.3 is 0 Å². The van der Waals surface area contributed by atoms with E-state index < -0.39 is 6.67 Å². The summed E-state index contributed by atoms with van der Waals surface area (Å²) < 4.78 is 17.4. The maximum atomic E-state index is 14.0. The van der Waals surface area contributed by atoms with Crippen LogP contribution in [0.1, 0.15) is 44.1 Å². The molecule has 4 aromatic rings. The van der Waals surface area contributed by atoms with Crippen molar-refractivity contribution in [1.29, 1.82) is 0 Å². The molecule has 2 aromatic heterocycles. The van der Waals surface area contributed by atoms with Gasteiger partial charge in [0.25, 0.3) is 0 Å². The molecule has 8 heteroatoms. The van der Waals surface area contributed by atoms with E-state index >= 15 is 0 Å². The van der Waals surface area contributed by atoms with Gasteiger partial charge in [-0.25, -0.2) is 9.18 Å². The van der Waals surface area contributed by atoms with Crippen LogP contribution in [0.25, 0.3) is 22.5 Å². The van der Waals surface area contributed by atoms with Crippen LogP contribution in [-0.4, -0.2) is 29.8 Å². The Balaban J connectivity index is 1.81. The van der Waals surface area contributed by atoms with Crippen LogP contribution in [0.3, 0.4) is 0 Å². The fourth-order valence-electron chi connectivity index (χ4n) is 4.27. The Morgan fingerprint density at radius 2 is 1.82 bits per heavy atom. The highest BCUT2D eigenvalue weighted by atomic mass is 19.1. The first-order valence-corrected chi connectivity index (χ1v) is 11.3. The van der Waals surface area contributed by atoms with Crippen LogP contribution in [-0.2, 0) is 26.2 Å². The van der Waals surface area contributed by atoms with Gasteiger partial charge in [-0.05, 0) is 40.3 Å². The summed E-state index contributed by atoms with van der Waals surface area (Å²) in [5.74, 6) is 0.729. The van der Waals surface area contributed by atoms with E-state index in [1.54, 1.807) is 9.13 Å². The second-order valence-electron chi connectivity index (χ2n) is 8.63. The lowest BCUT2D eigenvalue weighted by molar-refractivity contribution is 0.428. The first kappa shape index (κ1) is 22.6. The predicted octanol–water partition coefficient (Wildman–Crippen LogP) is 4.62. The van der Waals surface area contributed by atoms with Crippen LogP contribution in [0.5, 0.6) is 0 Å². The maximum Gasteiger partial charge on any atom is 0.328 e. The van der Waals surface area contributed by atoms with Gasteiger partial charge in [-0.2, -0.15) is 5.21 Å². The number of nitrogens with zero attached hydrogens (tertiary/aromatic N) is 5. The fraction of sp³-hybridized carbons (Fsp3) is 0.360. The molecular weight excluding hydrogens is 419 g/mol. The Morgan fingerprint density at radius 1 is 1.03 bits per heavy atom. The fourth-order valence-corrected chi connectivity index (χ4v) is 4.27. The SMILES string of the molecule is CCCc1c(CF)n(CC(C)C)c(=O)n1Cc1ccc(-c2ccccc2)c(-c2nn[nH]n2)c1. The van der Waals surface area contributed by atoms with E-state index in [4.69, 9.17) is 0 Å². The summed E-state index contributed by atoms with van der Waals surface area (Å²) in [6, 6.07) is 16.0. The van der Waals surface area contributed by atoms with Crippen molar-refractivity contribution in [2.75, 3.05) is 0 Å². The van der Waals surface area contributed by atoms with Gasteiger partial charge in [-0.15, -0.1) is 10.2 Å². The Bertz CT molecular complexity index is 1260. The zero-order valence-electron chi connectivity index (χ0n) is 19.3. The molecule has 0 amide bonds. The van der Waals surface area contributed by atoms with E-state index in [2.05, 4.69) is 20.6 Å². The molecule has 172 valence electrons. The van der Waals surface area contributed by atoms with Crippen molar-refractivity contribution in [2.45, 2.75) is 53.4 Å². The lowest BCUT2D eigenvalue weighted by Crippen LogP contribution is -2.27. The number of imidazole rings is 1. The zero-order chi connectivity index (χ0) is 23.4. The third kappa shape index (κ3) is 4.65. The smallest absolute Gasteiger partial charge is 0.293 e. The summed E-state index contributed by atoms with van der Waals surface area (Å²) in [5, 5.41) is 14.6. The van der Waals surface area contributed by atoms with Crippen molar-refractivity contribution < 1.29 is 4.39 Å². The maximum absolute atomic E-state index is 14.0. The van der Waals surface area contributed by atoms with Crippen LogP contribution < -0.4 is 5.69 Å². The summed E-state index contributed by atoms with van der Waals surface area (Å²) >= 11 is 0. The zero-order valence-corrected chi connectivity index (χ0v) is 19.3. The molecule has 0 saturated heterocycles.